The average Bonchev–Trinajstić information content (AvgIpc) is 2.64. The Balaban J connectivity index is 1.60. The Labute approximate surface area is 155 Å². The number of ether oxygens (including phenoxy) is 1. The van der Waals surface area contributed by atoms with Gasteiger partial charge in [0.15, 0.2) is 0 Å². The maximum absolute atomic E-state index is 12.0. The highest BCUT2D eigenvalue weighted by Crippen LogP contribution is 2.14. The predicted molar refractivity (Wildman–Crippen MR) is 100 cm³/mol. The van der Waals surface area contributed by atoms with Crippen molar-refractivity contribution in [2.24, 2.45) is 0 Å². The Morgan fingerprint density at radius 2 is 1.69 bits per heavy atom. The summed E-state index contributed by atoms with van der Waals surface area (Å²) in [5.74, 6) is 0. The van der Waals surface area contributed by atoms with Crippen molar-refractivity contribution >= 4 is 10.1 Å². The molecule has 0 aromatic heterocycles. The van der Waals surface area contributed by atoms with E-state index in [0.717, 1.165) is 24.0 Å². The Hall–Kier alpha value is -1.73. The molecule has 0 saturated heterocycles. The van der Waals surface area contributed by atoms with Gasteiger partial charge in [-0.2, -0.15) is 8.42 Å². The van der Waals surface area contributed by atoms with Crippen LogP contribution in [0, 0.1) is 6.92 Å². The molecule has 0 bridgehead atoms. The van der Waals surface area contributed by atoms with Gasteiger partial charge in [-0.15, -0.1) is 0 Å². The third kappa shape index (κ3) is 7.25. The lowest BCUT2D eigenvalue weighted by atomic mass is 10.2. The van der Waals surface area contributed by atoms with Crippen molar-refractivity contribution < 1.29 is 22.4 Å². The lowest BCUT2D eigenvalue weighted by Crippen LogP contribution is -2.19. The van der Waals surface area contributed by atoms with Gasteiger partial charge in [-0.1, -0.05) is 48.0 Å². The molecule has 2 aromatic rings. The minimum Gasteiger partial charge on any atom is -0.391 e. The van der Waals surface area contributed by atoms with E-state index in [1.54, 1.807) is 12.1 Å². The molecular formula is C20H26O5S. The van der Waals surface area contributed by atoms with Gasteiger partial charge < -0.3 is 9.84 Å². The summed E-state index contributed by atoms with van der Waals surface area (Å²) in [4.78, 5) is 0.101. The molecule has 1 N–H and O–H groups in total. The second-order valence-corrected chi connectivity index (χ2v) is 7.85. The van der Waals surface area contributed by atoms with Crippen LogP contribution in [0.3, 0.4) is 0 Å². The maximum Gasteiger partial charge on any atom is 0.297 e. The van der Waals surface area contributed by atoms with Crippen LogP contribution in [0.1, 0.15) is 30.4 Å². The van der Waals surface area contributed by atoms with E-state index in [4.69, 9.17) is 8.92 Å². The molecule has 0 aliphatic carbocycles. The predicted octanol–water partition coefficient (Wildman–Crippen LogP) is 3.45. The van der Waals surface area contributed by atoms with Crippen molar-refractivity contribution in [3.63, 3.8) is 0 Å². The fourth-order valence-electron chi connectivity index (χ4n) is 2.37. The topological polar surface area (TPSA) is 72.8 Å². The molecule has 0 heterocycles. The summed E-state index contributed by atoms with van der Waals surface area (Å²) >= 11 is 0. The van der Waals surface area contributed by atoms with E-state index in [9.17, 15) is 13.5 Å². The average molecular weight is 378 g/mol. The van der Waals surface area contributed by atoms with Crippen LogP contribution in [0.4, 0.5) is 0 Å². The zero-order valence-electron chi connectivity index (χ0n) is 15.0. The maximum atomic E-state index is 12.0. The van der Waals surface area contributed by atoms with E-state index in [-0.39, 0.29) is 11.5 Å². The summed E-state index contributed by atoms with van der Waals surface area (Å²) in [6.07, 6.45) is 1.20. The van der Waals surface area contributed by atoms with Crippen molar-refractivity contribution in [3.05, 3.63) is 65.7 Å². The summed E-state index contributed by atoms with van der Waals surface area (Å²) in [5, 5.41) is 9.91. The third-order valence-electron chi connectivity index (χ3n) is 3.91. The molecule has 1 atom stereocenters. The molecule has 0 spiro atoms. The molecular weight excluding hydrogens is 352 g/mol. The first kappa shape index (κ1) is 20.6. The van der Waals surface area contributed by atoms with Gasteiger partial charge in [-0.05, 0) is 43.9 Å². The molecule has 0 radical (unpaired) electrons. The van der Waals surface area contributed by atoms with Crippen molar-refractivity contribution in [3.8, 4) is 0 Å². The first-order chi connectivity index (χ1) is 12.5. The highest BCUT2D eigenvalue weighted by molar-refractivity contribution is 7.86. The highest BCUT2D eigenvalue weighted by Gasteiger charge is 2.17. The summed E-state index contributed by atoms with van der Waals surface area (Å²) in [6.45, 7) is 2.82. The smallest absolute Gasteiger partial charge is 0.297 e. The zero-order chi connectivity index (χ0) is 18.8. The third-order valence-corrected chi connectivity index (χ3v) is 5.21. The summed E-state index contributed by atoms with van der Waals surface area (Å²) in [5.41, 5.74) is 2.10. The van der Waals surface area contributed by atoms with Gasteiger partial charge in [0.25, 0.3) is 10.1 Å². The normalized spacial score (nSPS) is 12.8. The number of aryl methyl sites for hydroxylation is 1. The molecule has 0 unspecified atom stereocenters. The Morgan fingerprint density at radius 1 is 1.00 bits per heavy atom. The van der Waals surface area contributed by atoms with Crippen LogP contribution in [-0.2, 0) is 25.6 Å². The lowest BCUT2D eigenvalue weighted by Gasteiger charge is -2.11. The monoisotopic (exact) mass is 378 g/mol. The fraction of sp³-hybridized carbons (Fsp3) is 0.400. The second-order valence-electron chi connectivity index (χ2n) is 6.24. The van der Waals surface area contributed by atoms with Gasteiger partial charge in [0.1, 0.15) is 0 Å². The summed E-state index contributed by atoms with van der Waals surface area (Å²) in [6, 6.07) is 16.4. The molecule has 0 fully saturated rings. The molecule has 142 valence electrons. The SMILES string of the molecule is Cc1ccc(S(=O)(=O)OC[C@H](O)CCCCOCc2ccccc2)cc1. The van der Waals surface area contributed by atoms with E-state index in [1.807, 2.05) is 37.3 Å². The standard InChI is InChI=1S/C20H26O5S/c1-17-10-12-20(13-11-17)26(22,23)25-16-19(21)9-5-6-14-24-15-18-7-3-2-4-8-18/h2-4,7-8,10-13,19,21H,5-6,9,14-16H2,1H3/t19-/m1/s1. The lowest BCUT2D eigenvalue weighted by molar-refractivity contribution is 0.0890. The number of aliphatic hydroxyl groups excluding tert-OH is 1. The number of unbranched alkanes of at least 4 members (excludes halogenated alkanes) is 1. The van der Waals surface area contributed by atoms with Crippen LogP contribution in [0.5, 0.6) is 0 Å². The molecule has 0 aliphatic heterocycles. The summed E-state index contributed by atoms with van der Waals surface area (Å²) < 4.78 is 34.6. The molecule has 2 rings (SSSR count). The van der Waals surface area contributed by atoms with Crippen LogP contribution in [0.15, 0.2) is 59.5 Å². The van der Waals surface area contributed by atoms with Crippen molar-refractivity contribution in [1.82, 2.24) is 0 Å². The summed E-state index contributed by atoms with van der Waals surface area (Å²) in [7, 11) is -3.83. The second kappa shape index (κ2) is 10.4. The first-order valence-electron chi connectivity index (χ1n) is 8.73. The Morgan fingerprint density at radius 3 is 2.38 bits per heavy atom. The number of hydrogen-bond acceptors (Lipinski definition) is 5. The van der Waals surface area contributed by atoms with Gasteiger partial charge in [0.2, 0.25) is 0 Å². The molecule has 26 heavy (non-hydrogen) atoms. The van der Waals surface area contributed by atoms with Crippen molar-refractivity contribution in [1.29, 1.82) is 0 Å². The highest BCUT2D eigenvalue weighted by atomic mass is 32.2. The molecule has 2 aromatic carbocycles. The number of hydrogen-bond donors (Lipinski definition) is 1. The molecule has 0 amide bonds. The number of rotatable bonds is 11. The van der Waals surface area contributed by atoms with Gasteiger partial charge in [0.05, 0.1) is 24.2 Å². The number of benzene rings is 2. The van der Waals surface area contributed by atoms with E-state index in [2.05, 4.69) is 0 Å². The van der Waals surface area contributed by atoms with E-state index < -0.39 is 16.2 Å². The van der Waals surface area contributed by atoms with Crippen LogP contribution in [0.2, 0.25) is 0 Å². The first-order valence-corrected chi connectivity index (χ1v) is 10.1. The Kier molecular flexibility index (Phi) is 8.25. The van der Waals surface area contributed by atoms with Crippen molar-refractivity contribution in [2.45, 2.75) is 43.8 Å². The minimum absolute atomic E-state index is 0.101. The largest absolute Gasteiger partial charge is 0.391 e. The fourth-order valence-corrected chi connectivity index (χ4v) is 3.31. The van der Waals surface area contributed by atoms with Crippen LogP contribution in [-0.4, -0.2) is 32.8 Å². The van der Waals surface area contributed by atoms with Crippen LogP contribution >= 0.6 is 0 Å². The van der Waals surface area contributed by atoms with Gasteiger partial charge >= 0.3 is 0 Å². The molecule has 0 aliphatic rings. The zero-order valence-corrected chi connectivity index (χ0v) is 15.8. The number of aliphatic hydroxyl groups is 1. The molecule has 0 saturated carbocycles. The van der Waals surface area contributed by atoms with E-state index >= 15 is 0 Å². The van der Waals surface area contributed by atoms with Gasteiger partial charge in [-0.25, -0.2) is 0 Å². The minimum atomic E-state index is -3.83. The van der Waals surface area contributed by atoms with E-state index in [1.165, 1.54) is 12.1 Å². The quantitative estimate of drug-likeness (QED) is 0.479. The van der Waals surface area contributed by atoms with Crippen molar-refractivity contribution in [2.75, 3.05) is 13.2 Å². The van der Waals surface area contributed by atoms with Crippen LogP contribution in [0.25, 0.3) is 0 Å². The van der Waals surface area contributed by atoms with Gasteiger partial charge in [-0.3, -0.25) is 4.18 Å². The molecule has 5 nitrogen and oxygen atoms in total. The van der Waals surface area contributed by atoms with E-state index in [0.29, 0.717) is 19.6 Å². The van der Waals surface area contributed by atoms with Crippen LogP contribution < -0.4 is 0 Å². The molecule has 6 heteroatoms. The van der Waals surface area contributed by atoms with Gasteiger partial charge in [0, 0.05) is 6.61 Å². The Bertz CT molecular complexity index is 742.